The molecule has 0 bridgehead atoms. The molecule has 4 rings (SSSR count). The van der Waals surface area contributed by atoms with Gasteiger partial charge in [0.05, 0.1) is 5.69 Å². The molecule has 0 atom stereocenters. The molecule has 0 radical (unpaired) electrons. The number of benzene rings is 2. The minimum Gasteiger partial charge on any atom is -0.323 e. The van der Waals surface area contributed by atoms with E-state index in [0.29, 0.717) is 22.8 Å². The van der Waals surface area contributed by atoms with Crippen molar-refractivity contribution in [3.63, 3.8) is 0 Å². The summed E-state index contributed by atoms with van der Waals surface area (Å²) in [7, 11) is -3.80. The first kappa shape index (κ1) is 19.9. The summed E-state index contributed by atoms with van der Waals surface area (Å²) in [5, 5.41) is 9.94. The minimum atomic E-state index is -3.80. The monoisotopic (exact) mass is 482 g/mol. The fraction of sp³-hybridized carbons (Fsp3) is 0.278. The van der Waals surface area contributed by atoms with Crippen molar-refractivity contribution in [2.45, 2.75) is 17.7 Å². The van der Waals surface area contributed by atoms with Gasteiger partial charge in [-0.1, -0.05) is 22.0 Å². The van der Waals surface area contributed by atoms with E-state index in [-0.39, 0.29) is 35.1 Å². The van der Waals surface area contributed by atoms with Gasteiger partial charge in [0.1, 0.15) is 16.2 Å². The van der Waals surface area contributed by atoms with Gasteiger partial charge in [-0.2, -0.15) is 4.31 Å². The van der Waals surface area contributed by atoms with E-state index >= 15 is 0 Å². The number of hydrogen-bond donors (Lipinski definition) is 1. The Kier molecular flexibility index (Phi) is 5.36. The number of rotatable bonds is 4. The molecule has 11 heteroatoms. The van der Waals surface area contributed by atoms with Crippen LogP contribution < -0.4 is 5.32 Å². The van der Waals surface area contributed by atoms with Crippen LogP contribution in [0.25, 0.3) is 11.0 Å². The summed E-state index contributed by atoms with van der Waals surface area (Å²) < 4.78 is 46.5. The molecule has 0 saturated carbocycles. The summed E-state index contributed by atoms with van der Waals surface area (Å²) in [5.74, 6) is -1.28. The predicted molar refractivity (Wildman–Crippen MR) is 106 cm³/mol. The second-order valence-corrected chi connectivity index (χ2v) is 9.50. The molecule has 8 nitrogen and oxygen atoms in total. The molecule has 152 valence electrons. The molecule has 1 amide bonds. The second kappa shape index (κ2) is 7.81. The standard InChI is InChI=1S/C18H16BrFN4O4S/c19-12-4-5-14(13(20)10-12)21-18(25)11-6-8-24(9-7-11)29(26,27)16-3-1-2-15-17(16)23-28-22-15/h1-5,10-11H,6-9H2,(H,21,25). The van der Waals surface area contributed by atoms with Crippen molar-refractivity contribution in [1.82, 2.24) is 14.6 Å². The fourth-order valence-corrected chi connectivity index (χ4v) is 5.25. The van der Waals surface area contributed by atoms with E-state index in [0.717, 1.165) is 0 Å². The zero-order valence-corrected chi connectivity index (χ0v) is 17.4. The summed E-state index contributed by atoms with van der Waals surface area (Å²) in [4.78, 5) is 12.5. The molecule has 2 heterocycles. The molecule has 2 aromatic carbocycles. The molecule has 0 aliphatic carbocycles. The van der Waals surface area contributed by atoms with Crippen molar-refractivity contribution >= 4 is 48.6 Å². The van der Waals surface area contributed by atoms with Gasteiger partial charge in [-0.3, -0.25) is 4.79 Å². The Morgan fingerprint density at radius 2 is 1.97 bits per heavy atom. The van der Waals surface area contributed by atoms with Crippen molar-refractivity contribution in [2.24, 2.45) is 5.92 Å². The Bertz CT molecular complexity index is 1180. The number of anilines is 1. The zero-order chi connectivity index (χ0) is 20.6. The molecule has 1 aromatic heterocycles. The van der Waals surface area contributed by atoms with E-state index in [4.69, 9.17) is 0 Å². The number of piperidine rings is 1. The number of nitrogens with zero attached hydrogens (tertiary/aromatic N) is 3. The van der Waals surface area contributed by atoms with Crippen LogP contribution in [-0.4, -0.2) is 42.0 Å². The molecular formula is C18H16BrFN4O4S. The van der Waals surface area contributed by atoms with Gasteiger partial charge >= 0.3 is 0 Å². The summed E-state index contributed by atoms with van der Waals surface area (Å²) in [6.45, 7) is 0.343. The summed E-state index contributed by atoms with van der Waals surface area (Å²) in [6, 6.07) is 9.02. The smallest absolute Gasteiger partial charge is 0.245 e. The number of carbonyl (C=O) groups excluding carboxylic acids is 1. The van der Waals surface area contributed by atoms with Gasteiger partial charge in [0.25, 0.3) is 0 Å². The lowest BCUT2D eigenvalue weighted by molar-refractivity contribution is -0.120. The van der Waals surface area contributed by atoms with Crippen molar-refractivity contribution < 1.29 is 22.2 Å². The highest BCUT2D eigenvalue weighted by Gasteiger charge is 2.34. The highest BCUT2D eigenvalue weighted by Crippen LogP contribution is 2.28. The molecule has 0 spiro atoms. The third kappa shape index (κ3) is 3.89. The van der Waals surface area contributed by atoms with E-state index in [1.807, 2.05) is 0 Å². The van der Waals surface area contributed by atoms with Crippen molar-refractivity contribution in [1.29, 1.82) is 0 Å². The van der Waals surface area contributed by atoms with Crippen molar-refractivity contribution in [2.75, 3.05) is 18.4 Å². The highest BCUT2D eigenvalue weighted by molar-refractivity contribution is 9.10. The average Bonchev–Trinajstić information content (AvgIpc) is 3.19. The zero-order valence-electron chi connectivity index (χ0n) is 15.0. The lowest BCUT2D eigenvalue weighted by atomic mass is 9.97. The first-order chi connectivity index (χ1) is 13.9. The molecule has 3 aromatic rings. The molecule has 0 unspecified atom stereocenters. The highest BCUT2D eigenvalue weighted by atomic mass is 79.9. The number of amides is 1. The maximum atomic E-state index is 13.9. The molecule has 29 heavy (non-hydrogen) atoms. The Morgan fingerprint density at radius 3 is 2.69 bits per heavy atom. The Morgan fingerprint density at radius 1 is 1.21 bits per heavy atom. The van der Waals surface area contributed by atoms with Crippen LogP contribution in [-0.2, 0) is 14.8 Å². The quantitative estimate of drug-likeness (QED) is 0.612. The van der Waals surface area contributed by atoms with Crippen LogP contribution >= 0.6 is 15.9 Å². The summed E-state index contributed by atoms with van der Waals surface area (Å²) in [6.07, 6.45) is 0.659. The van der Waals surface area contributed by atoms with Crippen LogP contribution in [0.15, 0.2) is 50.4 Å². The molecule has 1 N–H and O–H groups in total. The normalized spacial score (nSPS) is 16.2. The van der Waals surface area contributed by atoms with E-state index in [2.05, 4.69) is 36.2 Å². The van der Waals surface area contributed by atoms with Gasteiger partial charge in [0.2, 0.25) is 15.9 Å². The first-order valence-corrected chi connectivity index (χ1v) is 11.1. The van der Waals surface area contributed by atoms with Crippen molar-refractivity contribution in [3.05, 3.63) is 46.7 Å². The van der Waals surface area contributed by atoms with Gasteiger partial charge in [-0.05, 0) is 53.5 Å². The number of nitrogens with one attached hydrogen (secondary N) is 1. The fourth-order valence-electron chi connectivity index (χ4n) is 3.31. The summed E-state index contributed by atoms with van der Waals surface area (Å²) >= 11 is 3.17. The number of hydrogen-bond acceptors (Lipinski definition) is 6. The van der Waals surface area contributed by atoms with Crippen LogP contribution in [0.3, 0.4) is 0 Å². The lowest BCUT2D eigenvalue weighted by Gasteiger charge is -2.30. The lowest BCUT2D eigenvalue weighted by Crippen LogP contribution is -2.41. The number of sulfonamides is 1. The van der Waals surface area contributed by atoms with Gasteiger partial charge in [-0.25, -0.2) is 17.4 Å². The van der Waals surface area contributed by atoms with Gasteiger partial charge in [0.15, 0.2) is 5.52 Å². The molecular weight excluding hydrogens is 467 g/mol. The third-order valence-corrected chi connectivity index (χ3v) is 7.30. The van der Waals surface area contributed by atoms with E-state index in [9.17, 15) is 17.6 Å². The Balaban J connectivity index is 1.45. The average molecular weight is 483 g/mol. The van der Waals surface area contributed by atoms with Gasteiger partial charge in [-0.15, -0.1) is 0 Å². The summed E-state index contributed by atoms with van der Waals surface area (Å²) in [5.41, 5.74) is 0.633. The molecule has 1 fully saturated rings. The van der Waals surface area contributed by atoms with Gasteiger partial charge < -0.3 is 5.32 Å². The largest absolute Gasteiger partial charge is 0.323 e. The number of fused-ring (bicyclic) bond motifs is 1. The number of carbonyl (C=O) groups is 1. The Hall–Kier alpha value is -2.37. The number of halogens is 2. The molecule has 1 saturated heterocycles. The van der Waals surface area contributed by atoms with Crippen LogP contribution in [0, 0.1) is 11.7 Å². The van der Waals surface area contributed by atoms with Crippen LogP contribution in [0.4, 0.5) is 10.1 Å². The maximum absolute atomic E-state index is 13.9. The Labute approximate surface area is 174 Å². The first-order valence-electron chi connectivity index (χ1n) is 8.83. The minimum absolute atomic E-state index is 0.0242. The van der Waals surface area contributed by atoms with Crippen molar-refractivity contribution in [3.8, 4) is 0 Å². The van der Waals surface area contributed by atoms with Crippen LogP contribution in [0.5, 0.6) is 0 Å². The molecule has 1 aliphatic rings. The predicted octanol–water partition coefficient (Wildman–Crippen LogP) is 3.16. The SMILES string of the molecule is O=C(Nc1ccc(Br)cc1F)C1CCN(S(=O)(=O)c2cccc3nonc23)CC1. The topological polar surface area (TPSA) is 105 Å². The number of aromatic nitrogens is 2. The van der Waals surface area contributed by atoms with E-state index in [1.165, 1.54) is 22.5 Å². The van der Waals surface area contributed by atoms with Crippen LogP contribution in [0.2, 0.25) is 0 Å². The second-order valence-electron chi connectivity index (χ2n) is 6.68. The van der Waals surface area contributed by atoms with E-state index < -0.39 is 21.8 Å². The molecule has 1 aliphatic heterocycles. The van der Waals surface area contributed by atoms with Gasteiger partial charge in [0, 0.05) is 23.5 Å². The third-order valence-electron chi connectivity index (χ3n) is 4.88. The van der Waals surface area contributed by atoms with Crippen LogP contribution in [0.1, 0.15) is 12.8 Å². The van der Waals surface area contributed by atoms with E-state index in [1.54, 1.807) is 18.2 Å². The maximum Gasteiger partial charge on any atom is 0.245 e.